The molecule has 6 heteroatoms. The zero-order chi connectivity index (χ0) is 18.8. The minimum Gasteiger partial charge on any atom is -0.461 e. The number of halogens is 1. The molecular formula is C20H19ClN2O3. The molecule has 0 aliphatic heterocycles. The maximum absolute atomic E-state index is 12.9. The largest absolute Gasteiger partial charge is 0.461 e. The maximum Gasteiger partial charge on any atom is 0.357 e. The van der Waals surface area contributed by atoms with E-state index in [0.717, 1.165) is 11.1 Å². The molecule has 0 radical (unpaired) electrons. The predicted molar refractivity (Wildman–Crippen MR) is 105 cm³/mol. The lowest BCUT2D eigenvalue weighted by molar-refractivity contribution is 0.0515. The summed E-state index contributed by atoms with van der Waals surface area (Å²) in [4.78, 5) is 25.6. The van der Waals surface area contributed by atoms with Crippen molar-refractivity contribution in [2.24, 2.45) is 0 Å². The van der Waals surface area contributed by atoms with E-state index in [-0.39, 0.29) is 17.9 Å². The number of esters is 1. The molecule has 0 amide bonds. The lowest BCUT2D eigenvalue weighted by Crippen LogP contribution is -2.33. The molecule has 134 valence electrons. The molecule has 0 aliphatic rings. The van der Waals surface area contributed by atoms with Crippen molar-refractivity contribution in [3.05, 3.63) is 69.1 Å². The number of hydrogen-bond acceptors (Lipinski definition) is 4. The van der Waals surface area contributed by atoms with E-state index in [1.165, 1.54) is 4.68 Å². The van der Waals surface area contributed by atoms with E-state index in [4.69, 9.17) is 16.3 Å². The number of nitrogens with zero attached hydrogens (tertiary/aromatic N) is 1. The van der Waals surface area contributed by atoms with Crippen LogP contribution in [0.1, 0.15) is 23.0 Å². The van der Waals surface area contributed by atoms with Gasteiger partial charge in [-0.3, -0.25) is 4.79 Å². The Morgan fingerprint density at radius 2 is 1.85 bits per heavy atom. The Bertz CT molecular complexity index is 1040. The van der Waals surface area contributed by atoms with Crippen LogP contribution in [0.3, 0.4) is 0 Å². The first-order valence-corrected chi connectivity index (χ1v) is 8.66. The fourth-order valence-electron chi connectivity index (χ4n) is 2.99. The molecule has 0 fully saturated rings. The Hall–Kier alpha value is -2.79. The third-order valence-electron chi connectivity index (χ3n) is 4.18. The molecule has 1 N–H and O–H groups in total. The average Bonchev–Trinajstić information content (AvgIpc) is 2.62. The second-order valence-electron chi connectivity index (χ2n) is 5.86. The van der Waals surface area contributed by atoms with E-state index in [9.17, 15) is 9.59 Å². The quantitative estimate of drug-likeness (QED) is 0.706. The second-order valence-corrected chi connectivity index (χ2v) is 6.30. The highest BCUT2D eigenvalue weighted by Crippen LogP contribution is 2.32. The molecule has 26 heavy (non-hydrogen) atoms. The number of nitrogens with one attached hydrogen (secondary N) is 1. The number of aromatic nitrogens is 1. The fraction of sp³-hybridized carbons (Fsp3) is 0.200. The molecule has 0 bridgehead atoms. The van der Waals surface area contributed by atoms with Gasteiger partial charge in [-0.25, -0.2) is 9.47 Å². The van der Waals surface area contributed by atoms with Gasteiger partial charge in [-0.2, -0.15) is 0 Å². The number of rotatable bonds is 4. The van der Waals surface area contributed by atoms with Gasteiger partial charge in [0.25, 0.3) is 5.56 Å². The molecule has 0 atom stereocenters. The van der Waals surface area contributed by atoms with E-state index in [2.05, 4.69) is 5.43 Å². The minimum atomic E-state index is -0.573. The predicted octanol–water partition coefficient (Wildman–Crippen LogP) is 3.98. The van der Waals surface area contributed by atoms with Gasteiger partial charge in [0.2, 0.25) is 0 Å². The van der Waals surface area contributed by atoms with E-state index in [0.29, 0.717) is 21.4 Å². The monoisotopic (exact) mass is 370 g/mol. The highest BCUT2D eigenvalue weighted by atomic mass is 35.5. The zero-order valence-corrected chi connectivity index (χ0v) is 15.6. The molecule has 1 aromatic heterocycles. The number of fused-ring (bicyclic) bond motifs is 1. The number of aryl methyl sites for hydroxylation is 1. The third kappa shape index (κ3) is 3.06. The Labute approximate surface area is 156 Å². The first kappa shape index (κ1) is 18.0. The number of hydrogen-bond donors (Lipinski definition) is 1. The Morgan fingerprint density at radius 1 is 1.15 bits per heavy atom. The van der Waals surface area contributed by atoms with Crippen molar-refractivity contribution >= 4 is 28.3 Å². The molecular weight excluding hydrogens is 352 g/mol. The zero-order valence-electron chi connectivity index (χ0n) is 14.8. The third-order valence-corrected chi connectivity index (χ3v) is 4.41. The van der Waals surface area contributed by atoms with Gasteiger partial charge in [-0.15, -0.1) is 0 Å². The standard InChI is InChI=1S/C20H19ClN2O3/c1-4-26-20(25)18-17(13-7-5-12(2)6-8-13)16-11-14(21)9-10-15(16)19(24)23(18)22-3/h5-11,22H,4H2,1-3H3. The lowest BCUT2D eigenvalue weighted by Gasteiger charge is -2.18. The smallest absolute Gasteiger partial charge is 0.357 e. The average molecular weight is 371 g/mol. The summed E-state index contributed by atoms with van der Waals surface area (Å²) in [5, 5.41) is 1.57. The molecule has 2 aromatic carbocycles. The SMILES string of the molecule is CCOC(=O)c1c(-c2ccc(C)cc2)c2cc(Cl)ccc2c(=O)n1NC. The van der Waals surface area contributed by atoms with Crippen LogP contribution in [0.5, 0.6) is 0 Å². The fourth-order valence-corrected chi connectivity index (χ4v) is 3.16. The summed E-state index contributed by atoms with van der Waals surface area (Å²) in [6.45, 7) is 3.92. The number of carbonyl (C=O) groups excluding carboxylic acids is 1. The molecule has 5 nitrogen and oxygen atoms in total. The van der Waals surface area contributed by atoms with Crippen LogP contribution in [0.4, 0.5) is 0 Å². The number of benzene rings is 2. The van der Waals surface area contributed by atoms with Gasteiger partial charge in [0, 0.05) is 23.0 Å². The van der Waals surface area contributed by atoms with Gasteiger partial charge in [-0.05, 0) is 43.0 Å². The first-order valence-electron chi connectivity index (χ1n) is 8.28. The van der Waals surface area contributed by atoms with Crippen molar-refractivity contribution < 1.29 is 9.53 Å². The normalized spacial score (nSPS) is 10.8. The van der Waals surface area contributed by atoms with Crippen LogP contribution < -0.4 is 11.0 Å². The van der Waals surface area contributed by atoms with Crippen molar-refractivity contribution in [2.45, 2.75) is 13.8 Å². The molecule has 0 saturated carbocycles. The van der Waals surface area contributed by atoms with Crippen LogP contribution in [0.15, 0.2) is 47.3 Å². The van der Waals surface area contributed by atoms with Crippen molar-refractivity contribution in [2.75, 3.05) is 19.1 Å². The van der Waals surface area contributed by atoms with Gasteiger partial charge in [0.1, 0.15) is 0 Å². The van der Waals surface area contributed by atoms with E-state index in [1.54, 1.807) is 32.2 Å². The number of pyridine rings is 1. The highest BCUT2D eigenvalue weighted by Gasteiger charge is 2.24. The van der Waals surface area contributed by atoms with Gasteiger partial charge < -0.3 is 10.2 Å². The van der Waals surface area contributed by atoms with Gasteiger partial charge in [-0.1, -0.05) is 41.4 Å². The number of ether oxygens (including phenoxy) is 1. The minimum absolute atomic E-state index is 0.151. The molecule has 3 rings (SSSR count). The molecule has 0 spiro atoms. The van der Waals surface area contributed by atoms with Crippen LogP contribution in [-0.2, 0) is 4.74 Å². The van der Waals surface area contributed by atoms with Crippen molar-refractivity contribution in [1.29, 1.82) is 0 Å². The van der Waals surface area contributed by atoms with Crippen molar-refractivity contribution in [3.63, 3.8) is 0 Å². The van der Waals surface area contributed by atoms with E-state index < -0.39 is 5.97 Å². The summed E-state index contributed by atoms with van der Waals surface area (Å²) in [5.41, 5.74) is 5.12. The summed E-state index contributed by atoms with van der Waals surface area (Å²) in [5.74, 6) is -0.573. The van der Waals surface area contributed by atoms with Crippen LogP contribution in [0, 0.1) is 6.92 Å². The lowest BCUT2D eigenvalue weighted by atomic mass is 9.96. The highest BCUT2D eigenvalue weighted by molar-refractivity contribution is 6.31. The van der Waals surface area contributed by atoms with Crippen LogP contribution in [0.25, 0.3) is 21.9 Å². The van der Waals surface area contributed by atoms with Crippen LogP contribution in [0.2, 0.25) is 5.02 Å². The van der Waals surface area contributed by atoms with E-state index in [1.807, 2.05) is 31.2 Å². The van der Waals surface area contributed by atoms with Crippen LogP contribution >= 0.6 is 11.6 Å². The number of carbonyl (C=O) groups is 1. The van der Waals surface area contributed by atoms with Gasteiger partial charge in [0.05, 0.1) is 6.61 Å². The topological polar surface area (TPSA) is 60.3 Å². The summed E-state index contributed by atoms with van der Waals surface area (Å²) in [6, 6.07) is 12.8. The maximum atomic E-state index is 12.9. The summed E-state index contributed by atoms with van der Waals surface area (Å²) in [6.07, 6.45) is 0. The summed E-state index contributed by atoms with van der Waals surface area (Å²) in [7, 11) is 1.59. The van der Waals surface area contributed by atoms with Gasteiger partial charge in [0.15, 0.2) is 5.69 Å². The summed E-state index contributed by atoms with van der Waals surface area (Å²) >= 11 is 6.18. The Balaban J connectivity index is 2.51. The molecule has 0 saturated heterocycles. The van der Waals surface area contributed by atoms with Crippen molar-refractivity contribution in [3.8, 4) is 11.1 Å². The first-order chi connectivity index (χ1) is 12.5. The van der Waals surface area contributed by atoms with E-state index >= 15 is 0 Å². The molecule has 0 aliphatic carbocycles. The molecule has 1 heterocycles. The summed E-state index contributed by atoms with van der Waals surface area (Å²) < 4.78 is 6.44. The Morgan fingerprint density at radius 3 is 2.46 bits per heavy atom. The molecule has 0 unspecified atom stereocenters. The second kappa shape index (κ2) is 7.22. The van der Waals surface area contributed by atoms with Crippen molar-refractivity contribution in [1.82, 2.24) is 4.68 Å². The molecule has 3 aromatic rings. The van der Waals surface area contributed by atoms with Gasteiger partial charge >= 0.3 is 5.97 Å². The van der Waals surface area contributed by atoms with Crippen LogP contribution in [-0.4, -0.2) is 24.3 Å². The Kier molecular flexibility index (Phi) is 5.00.